The van der Waals surface area contributed by atoms with Crippen LogP contribution >= 0.6 is 0 Å². The molecule has 1 aliphatic heterocycles. The Morgan fingerprint density at radius 1 is 0.800 bits per heavy atom. The Kier molecular flexibility index (Phi) is 3.73. The second-order valence-electron chi connectivity index (χ2n) is 6.30. The van der Waals surface area contributed by atoms with Gasteiger partial charge in [-0.15, -0.1) is 0 Å². The number of nitrogens with zero attached hydrogens (tertiary/aromatic N) is 1. The lowest BCUT2D eigenvalue weighted by Crippen LogP contribution is -2.38. The van der Waals surface area contributed by atoms with Crippen molar-refractivity contribution in [3.63, 3.8) is 0 Å². The molecule has 0 N–H and O–H groups in total. The van der Waals surface area contributed by atoms with Crippen molar-refractivity contribution in [3.8, 4) is 0 Å². The second-order valence-corrected chi connectivity index (χ2v) is 6.30. The Morgan fingerprint density at radius 2 is 1.40 bits per heavy atom. The number of carbonyl (C=O) groups excluding carboxylic acids is 1. The van der Waals surface area contributed by atoms with E-state index < -0.39 is 5.41 Å². The van der Waals surface area contributed by atoms with E-state index in [-0.39, 0.29) is 5.91 Å². The van der Waals surface area contributed by atoms with Gasteiger partial charge < -0.3 is 4.90 Å². The quantitative estimate of drug-likeness (QED) is 0.686. The molecule has 1 aliphatic rings. The molecule has 0 aliphatic carbocycles. The summed E-state index contributed by atoms with van der Waals surface area (Å²) in [6.07, 6.45) is 4.09. The summed E-state index contributed by atoms with van der Waals surface area (Å²) in [6.45, 7) is 0. The fourth-order valence-electron chi connectivity index (χ4n) is 3.61. The average Bonchev–Trinajstić information content (AvgIpc) is 2.90. The van der Waals surface area contributed by atoms with Crippen LogP contribution in [-0.2, 0) is 10.2 Å². The molecule has 1 heterocycles. The molecule has 122 valence electrons. The number of benzene rings is 3. The smallest absolute Gasteiger partial charge is 0.245 e. The standard InChI is InChI=1S/C23H19NO/c1-24-21-15-9-8-14-20(21)23(22(24)25,19-12-6-3-7-13-19)17-16-18-10-4-2-5-11-18/h2-17H,1H3/b17-16+. The molecule has 1 amide bonds. The summed E-state index contributed by atoms with van der Waals surface area (Å²) in [4.78, 5) is 15.1. The van der Waals surface area contributed by atoms with Gasteiger partial charge in [-0.2, -0.15) is 0 Å². The van der Waals surface area contributed by atoms with Crippen LogP contribution in [0.3, 0.4) is 0 Å². The number of hydrogen-bond acceptors (Lipinski definition) is 1. The fraction of sp³-hybridized carbons (Fsp3) is 0.0870. The van der Waals surface area contributed by atoms with Crippen LogP contribution in [0.1, 0.15) is 16.7 Å². The molecule has 0 saturated heterocycles. The Labute approximate surface area is 148 Å². The van der Waals surface area contributed by atoms with Crippen LogP contribution in [0.4, 0.5) is 5.69 Å². The third-order valence-corrected chi connectivity index (χ3v) is 4.89. The highest BCUT2D eigenvalue weighted by atomic mass is 16.2. The molecule has 2 heteroatoms. The minimum absolute atomic E-state index is 0.0760. The topological polar surface area (TPSA) is 20.3 Å². The zero-order valence-corrected chi connectivity index (χ0v) is 14.1. The van der Waals surface area contributed by atoms with Gasteiger partial charge in [-0.3, -0.25) is 4.79 Å². The number of fused-ring (bicyclic) bond motifs is 1. The van der Waals surface area contributed by atoms with Crippen molar-refractivity contribution in [2.75, 3.05) is 11.9 Å². The van der Waals surface area contributed by atoms with E-state index in [4.69, 9.17) is 0 Å². The number of rotatable bonds is 3. The van der Waals surface area contributed by atoms with E-state index >= 15 is 0 Å². The minimum atomic E-state index is -0.789. The molecule has 25 heavy (non-hydrogen) atoms. The van der Waals surface area contributed by atoms with E-state index in [1.807, 2.05) is 98.1 Å². The van der Waals surface area contributed by atoms with Gasteiger partial charge in [0.05, 0.1) is 0 Å². The molecule has 0 aromatic heterocycles. The molecular weight excluding hydrogens is 306 g/mol. The first-order valence-corrected chi connectivity index (χ1v) is 8.41. The first-order valence-electron chi connectivity index (χ1n) is 8.41. The summed E-state index contributed by atoms with van der Waals surface area (Å²) in [6, 6.07) is 28.2. The molecule has 3 aromatic carbocycles. The van der Waals surface area contributed by atoms with E-state index in [0.29, 0.717) is 0 Å². The van der Waals surface area contributed by atoms with Crippen LogP contribution in [0.2, 0.25) is 0 Å². The Morgan fingerprint density at radius 3 is 2.12 bits per heavy atom. The number of likely N-dealkylation sites (N-methyl/N-ethyl adjacent to an activating group) is 1. The van der Waals surface area contributed by atoms with E-state index in [1.165, 1.54) is 0 Å². The summed E-state index contributed by atoms with van der Waals surface area (Å²) in [7, 11) is 1.85. The number of hydrogen-bond donors (Lipinski definition) is 0. The van der Waals surface area contributed by atoms with Crippen LogP contribution in [-0.4, -0.2) is 13.0 Å². The summed E-state index contributed by atoms with van der Waals surface area (Å²) >= 11 is 0. The van der Waals surface area contributed by atoms with Crippen molar-refractivity contribution in [1.82, 2.24) is 0 Å². The summed E-state index contributed by atoms with van der Waals surface area (Å²) in [5, 5.41) is 0. The van der Waals surface area contributed by atoms with Crippen molar-refractivity contribution in [3.05, 3.63) is 108 Å². The van der Waals surface area contributed by atoms with E-state index in [9.17, 15) is 4.79 Å². The maximum absolute atomic E-state index is 13.4. The summed E-state index contributed by atoms with van der Waals surface area (Å²) < 4.78 is 0. The van der Waals surface area contributed by atoms with Crippen molar-refractivity contribution in [2.45, 2.75) is 5.41 Å². The van der Waals surface area contributed by atoms with E-state index in [2.05, 4.69) is 6.07 Å². The Bertz CT molecular complexity index is 931. The largest absolute Gasteiger partial charge is 0.314 e. The molecule has 4 rings (SSSR count). The highest BCUT2D eigenvalue weighted by Gasteiger charge is 2.48. The fourth-order valence-corrected chi connectivity index (χ4v) is 3.61. The van der Waals surface area contributed by atoms with Gasteiger partial charge in [0.15, 0.2) is 0 Å². The molecule has 0 bridgehead atoms. The Hall–Kier alpha value is -3.13. The predicted molar refractivity (Wildman–Crippen MR) is 103 cm³/mol. The lowest BCUT2D eigenvalue weighted by molar-refractivity contribution is -0.120. The van der Waals surface area contributed by atoms with Gasteiger partial charge in [0.1, 0.15) is 5.41 Å². The maximum Gasteiger partial charge on any atom is 0.245 e. The van der Waals surface area contributed by atoms with Crippen molar-refractivity contribution >= 4 is 17.7 Å². The zero-order chi connectivity index (χ0) is 17.3. The lowest BCUT2D eigenvalue weighted by Gasteiger charge is -2.25. The highest BCUT2D eigenvalue weighted by molar-refractivity contribution is 6.12. The predicted octanol–water partition coefficient (Wildman–Crippen LogP) is 4.66. The summed E-state index contributed by atoms with van der Waals surface area (Å²) in [5.41, 5.74) is 3.28. The zero-order valence-electron chi connectivity index (χ0n) is 14.1. The molecule has 0 spiro atoms. The molecule has 0 saturated carbocycles. The molecule has 2 nitrogen and oxygen atoms in total. The van der Waals surface area contributed by atoms with E-state index in [0.717, 1.165) is 22.4 Å². The van der Waals surface area contributed by atoms with Gasteiger partial charge in [-0.25, -0.2) is 0 Å². The van der Waals surface area contributed by atoms with Crippen molar-refractivity contribution in [2.24, 2.45) is 0 Å². The van der Waals surface area contributed by atoms with Crippen molar-refractivity contribution < 1.29 is 4.79 Å². The number of carbonyl (C=O) groups is 1. The van der Waals surface area contributed by atoms with E-state index in [1.54, 1.807) is 4.90 Å². The van der Waals surface area contributed by atoms with Crippen LogP contribution in [0.5, 0.6) is 0 Å². The molecule has 0 fully saturated rings. The van der Waals surface area contributed by atoms with Crippen LogP contribution in [0, 0.1) is 0 Å². The summed E-state index contributed by atoms with van der Waals surface area (Å²) in [5.74, 6) is 0.0760. The van der Waals surface area contributed by atoms with Gasteiger partial charge in [0.2, 0.25) is 5.91 Å². The van der Waals surface area contributed by atoms with Crippen molar-refractivity contribution in [1.29, 1.82) is 0 Å². The molecule has 0 radical (unpaired) electrons. The van der Waals surface area contributed by atoms with Gasteiger partial charge >= 0.3 is 0 Å². The number of para-hydroxylation sites is 1. The van der Waals surface area contributed by atoms with Crippen LogP contribution < -0.4 is 4.90 Å². The number of anilines is 1. The highest BCUT2D eigenvalue weighted by Crippen LogP contribution is 2.46. The second kappa shape index (κ2) is 6.06. The maximum atomic E-state index is 13.4. The monoisotopic (exact) mass is 325 g/mol. The normalized spacial score (nSPS) is 19.4. The van der Waals surface area contributed by atoms with Gasteiger partial charge in [0, 0.05) is 12.7 Å². The van der Waals surface area contributed by atoms with Gasteiger partial charge in [-0.1, -0.05) is 91.0 Å². The van der Waals surface area contributed by atoms with Crippen LogP contribution in [0.25, 0.3) is 6.08 Å². The molecule has 1 atom stereocenters. The SMILES string of the molecule is CN1C(=O)C(/C=C/c2ccccc2)(c2ccccc2)c2ccccc21. The molecule has 3 aromatic rings. The third kappa shape index (κ3) is 2.38. The van der Waals surface area contributed by atoms with Gasteiger partial charge in [-0.05, 0) is 22.8 Å². The average molecular weight is 325 g/mol. The Balaban J connectivity index is 1.95. The lowest BCUT2D eigenvalue weighted by atomic mass is 9.75. The first kappa shape index (κ1) is 15.4. The van der Waals surface area contributed by atoms with Crippen LogP contribution in [0.15, 0.2) is 91.0 Å². The molecule has 1 unspecified atom stereocenters. The molecular formula is C23H19NO. The number of amides is 1. The minimum Gasteiger partial charge on any atom is -0.314 e. The first-order chi connectivity index (χ1) is 12.2. The van der Waals surface area contributed by atoms with Gasteiger partial charge in [0.25, 0.3) is 0 Å². The third-order valence-electron chi connectivity index (χ3n) is 4.89.